The van der Waals surface area contributed by atoms with Gasteiger partial charge in [-0.3, -0.25) is 4.79 Å². The van der Waals surface area contributed by atoms with Crippen LogP contribution in [0.25, 0.3) is 0 Å². The molecule has 1 fully saturated rings. The highest BCUT2D eigenvalue weighted by Crippen LogP contribution is 2.23. The number of aliphatic hydroxyl groups excluding tert-OH is 3. The third-order valence-electron chi connectivity index (χ3n) is 3.50. The van der Waals surface area contributed by atoms with E-state index in [0.717, 1.165) is 0 Å². The Morgan fingerprint density at radius 3 is 2.67 bits per heavy atom. The Bertz CT molecular complexity index is 344. The van der Waals surface area contributed by atoms with Crippen LogP contribution >= 0.6 is 0 Å². The first-order chi connectivity index (χ1) is 9.78. The quantitative estimate of drug-likeness (QED) is 0.231. The Labute approximate surface area is 122 Å². The Morgan fingerprint density at radius 1 is 1.38 bits per heavy atom. The molecular formula is C12H24N2O7. The third-order valence-corrected chi connectivity index (χ3v) is 3.50. The number of carboxylic acid groups (broad SMARTS) is 1. The van der Waals surface area contributed by atoms with Gasteiger partial charge in [-0.15, -0.1) is 0 Å². The fourth-order valence-electron chi connectivity index (χ4n) is 2.05. The maximum atomic E-state index is 10.5. The van der Waals surface area contributed by atoms with Crippen LogP contribution in [0, 0.1) is 0 Å². The molecule has 0 amide bonds. The van der Waals surface area contributed by atoms with Crippen LogP contribution in [0.3, 0.4) is 0 Å². The first-order valence-corrected chi connectivity index (χ1v) is 6.87. The summed E-state index contributed by atoms with van der Waals surface area (Å²) in [5.41, 5.74) is 5.35. The number of aliphatic hydroxyl groups is 4. The van der Waals surface area contributed by atoms with E-state index < -0.39 is 36.1 Å². The molecule has 0 aliphatic carbocycles. The number of hydrogen-bond acceptors (Lipinski definition) is 8. The maximum absolute atomic E-state index is 10.5. The Kier molecular flexibility index (Phi) is 6.94. The average Bonchev–Trinajstić information content (AvgIpc) is 2.44. The van der Waals surface area contributed by atoms with Crippen molar-refractivity contribution < 1.29 is 35.1 Å². The largest absolute Gasteiger partial charge is 0.480 e. The van der Waals surface area contributed by atoms with Gasteiger partial charge in [0.15, 0.2) is 0 Å². The number of rotatable bonds is 8. The minimum atomic E-state index is -1.96. The lowest BCUT2D eigenvalue weighted by atomic mass is 9.97. The monoisotopic (exact) mass is 308 g/mol. The summed E-state index contributed by atoms with van der Waals surface area (Å²) in [5.74, 6) is -3.00. The molecule has 1 rings (SSSR count). The minimum Gasteiger partial charge on any atom is -0.480 e. The molecule has 9 nitrogen and oxygen atoms in total. The summed E-state index contributed by atoms with van der Waals surface area (Å²) in [6.45, 7) is 0.0657. The van der Waals surface area contributed by atoms with E-state index >= 15 is 0 Å². The van der Waals surface area contributed by atoms with Crippen molar-refractivity contribution in [3.63, 3.8) is 0 Å². The molecule has 9 heteroatoms. The van der Waals surface area contributed by atoms with Gasteiger partial charge >= 0.3 is 5.97 Å². The Hall–Kier alpha value is -0.810. The summed E-state index contributed by atoms with van der Waals surface area (Å²) in [5, 5.41) is 50.0. The van der Waals surface area contributed by atoms with Crippen LogP contribution in [0.15, 0.2) is 0 Å². The van der Waals surface area contributed by atoms with Crippen molar-refractivity contribution in [1.29, 1.82) is 0 Å². The molecule has 21 heavy (non-hydrogen) atoms. The van der Waals surface area contributed by atoms with Crippen LogP contribution in [0.5, 0.6) is 0 Å². The zero-order valence-electron chi connectivity index (χ0n) is 11.7. The molecule has 1 saturated heterocycles. The standard InChI is InChI=1S/C12H24N2O7/c13-7(11(18)19)3-1-2-4-14-6-12(20)10(17)9(16)8(15)5-21-12/h7-10,14-17,20H,1-6,13H2,(H,18,19)/t7-,8?,9?,10?,12?/m0/s1. The topological polar surface area (TPSA) is 166 Å². The number of ether oxygens (including phenoxy) is 1. The minimum absolute atomic E-state index is 0.122. The van der Waals surface area contributed by atoms with Gasteiger partial charge in [-0.1, -0.05) is 6.42 Å². The second-order valence-corrected chi connectivity index (χ2v) is 5.28. The summed E-state index contributed by atoms with van der Waals surface area (Å²) in [7, 11) is 0. The summed E-state index contributed by atoms with van der Waals surface area (Å²) in [6, 6.07) is -0.880. The van der Waals surface area contributed by atoms with Crippen molar-refractivity contribution in [3.05, 3.63) is 0 Å². The number of hydrogen-bond donors (Lipinski definition) is 7. The van der Waals surface area contributed by atoms with Crippen molar-refractivity contribution in [2.24, 2.45) is 5.73 Å². The molecule has 1 heterocycles. The van der Waals surface area contributed by atoms with Crippen molar-refractivity contribution in [1.82, 2.24) is 5.32 Å². The summed E-state index contributed by atoms with van der Waals surface area (Å²) >= 11 is 0. The second-order valence-electron chi connectivity index (χ2n) is 5.28. The number of carbonyl (C=O) groups is 1. The summed E-state index contributed by atoms with van der Waals surface area (Å²) < 4.78 is 4.97. The number of nitrogens with one attached hydrogen (secondary N) is 1. The SMILES string of the molecule is N[C@@H](CCCCNCC1(O)OCC(O)C(O)C1O)C(=O)O. The van der Waals surface area contributed by atoms with E-state index in [2.05, 4.69) is 5.32 Å². The maximum Gasteiger partial charge on any atom is 0.320 e. The van der Waals surface area contributed by atoms with E-state index in [9.17, 15) is 25.2 Å². The molecule has 0 spiro atoms. The van der Waals surface area contributed by atoms with E-state index in [-0.39, 0.29) is 13.2 Å². The van der Waals surface area contributed by atoms with Crippen LogP contribution in [0.1, 0.15) is 19.3 Å². The first kappa shape index (κ1) is 18.2. The van der Waals surface area contributed by atoms with Gasteiger partial charge < -0.3 is 41.3 Å². The van der Waals surface area contributed by atoms with Gasteiger partial charge in [0.2, 0.25) is 5.79 Å². The molecule has 8 N–H and O–H groups in total. The molecule has 1 aliphatic rings. The second kappa shape index (κ2) is 7.99. The predicted octanol–water partition coefficient (Wildman–Crippen LogP) is -3.04. The Morgan fingerprint density at radius 2 is 2.05 bits per heavy atom. The van der Waals surface area contributed by atoms with E-state index in [1.54, 1.807) is 0 Å². The fraction of sp³-hybridized carbons (Fsp3) is 0.917. The molecule has 0 bridgehead atoms. The molecule has 0 aromatic carbocycles. The average molecular weight is 308 g/mol. The van der Waals surface area contributed by atoms with Crippen molar-refractivity contribution >= 4 is 5.97 Å². The van der Waals surface area contributed by atoms with Crippen LogP contribution in [-0.2, 0) is 9.53 Å². The van der Waals surface area contributed by atoms with Crippen molar-refractivity contribution in [2.45, 2.75) is 49.4 Å². The molecule has 1 aliphatic heterocycles. The van der Waals surface area contributed by atoms with Crippen LogP contribution < -0.4 is 11.1 Å². The third kappa shape index (κ3) is 5.15. The van der Waals surface area contributed by atoms with E-state index in [4.69, 9.17) is 15.6 Å². The van der Waals surface area contributed by atoms with Gasteiger partial charge in [-0.2, -0.15) is 0 Å². The van der Waals surface area contributed by atoms with Crippen molar-refractivity contribution in [2.75, 3.05) is 19.7 Å². The number of unbranched alkanes of at least 4 members (excludes halogenated alkanes) is 1. The molecule has 0 aromatic heterocycles. The zero-order chi connectivity index (χ0) is 16.0. The van der Waals surface area contributed by atoms with Gasteiger partial charge in [0.25, 0.3) is 0 Å². The zero-order valence-corrected chi connectivity index (χ0v) is 11.7. The molecule has 0 radical (unpaired) electrons. The van der Waals surface area contributed by atoms with Crippen LogP contribution in [0.4, 0.5) is 0 Å². The van der Waals surface area contributed by atoms with Gasteiger partial charge in [0.1, 0.15) is 24.4 Å². The van der Waals surface area contributed by atoms with E-state index in [0.29, 0.717) is 25.8 Å². The Balaban J connectivity index is 2.21. The van der Waals surface area contributed by atoms with Crippen molar-refractivity contribution in [3.8, 4) is 0 Å². The smallest absolute Gasteiger partial charge is 0.320 e. The number of carboxylic acids is 1. The molecule has 5 atom stereocenters. The fourth-order valence-corrected chi connectivity index (χ4v) is 2.05. The highest BCUT2D eigenvalue weighted by atomic mass is 16.6. The lowest BCUT2D eigenvalue weighted by molar-refractivity contribution is -0.317. The first-order valence-electron chi connectivity index (χ1n) is 6.87. The predicted molar refractivity (Wildman–Crippen MR) is 71.3 cm³/mol. The highest BCUT2D eigenvalue weighted by Gasteiger charge is 2.47. The van der Waals surface area contributed by atoms with E-state index in [1.807, 2.05) is 0 Å². The highest BCUT2D eigenvalue weighted by molar-refractivity contribution is 5.72. The number of nitrogens with two attached hydrogens (primary N) is 1. The lowest BCUT2D eigenvalue weighted by Gasteiger charge is -2.41. The normalized spacial score (nSPS) is 34.6. The molecule has 4 unspecified atom stereocenters. The number of aliphatic carboxylic acids is 1. The summed E-state index contributed by atoms with van der Waals surface area (Å²) in [4.78, 5) is 10.5. The molecule has 124 valence electrons. The van der Waals surface area contributed by atoms with Gasteiger partial charge in [-0.05, 0) is 19.4 Å². The lowest BCUT2D eigenvalue weighted by Crippen LogP contribution is -2.64. The molecule has 0 aromatic rings. The van der Waals surface area contributed by atoms with Crippen LogP contribution in [0.2, 0.25) is 0 Å². The summed E-state index contributed by atoms with van der Waals surface area (Å²) in [6.07, 6.45) is -2.74. The van der Waals surface area contributed by atoms with Gasteiger partial charge in [0.05, 0.1) is 13.2 Å². The van der Waals surface area contributed by atoms with Gasteiger partial charge in [0, 0.05) is 0 Å². The van der Waals surface area contributed by atoms with Gasteiger partial charge in [-0.25, -0.2) is 0 Å². The van der Waals surface area contributed by atoms with E-state index in [1.165, 1.54) is 0 Å². The molecular weight excluding hydrogens is 284 g/mol. The van der Waals surface area contributed by atoms with Crippen LogP contribution in [-0.4, -0.2) is 81.3 Å². The molecule has 0 saturated carbocycles.